The number of hydrogen-bond acceptors (Lipinski definition) is 4. The number of aromatic nitrogens is 3. The standard InChI is InChI=1S/C22H23N5O2/c28-20(16-8-9-16)24-22-23-19-18(5-4-14-27(19)25-22)15-6-10-17(11-7-15)21(29)26-12-2-1-3-13-26/h4-7,10-11,14,16H,1-3,8-9,12-13H2,(H,24,25,28). The maximum Gasteiger partial charge on any atom is 0.253 e. The maximum absolute atomic E-state index is 12.7. The molecule has 2 aliphatic rings. The van der Waals surface area contributed by atoms with Crippen LogP contribution in [0.5, 0.6) is 0 Å². The van der Waals surface area contributed by atoms with Gasteiger partial charge in [0.1, 0.15) is 0 Å². The van der Waals surface area contributed by atoms with Crippen LogP contribution in [-0.4, -0.2) is 44.4 Å². The second-order valence-corrected chi connectivity index (χ2v) is 7.82. The Morgan fingerprint density at radius 2 is 1.76 bits per heavy atom. The number of hydrogen-bond donors (Lipinski definition) is 1. The summed E-state index contributed by atoms with van der Waals surface area (Å²) in [6.45, 7) is 1.68. The minimum absolute atomic E-state index is 0.0111. The zero-order valence-corrected chi connectivity index (χ0v) is 16.2. The summed E-state index contributed by atoms with van der Waals surface area (Å²) in [5.41, 5.74) is 3.25. The average Bonchev–Trinajstić information content (AvgIpc) is 3.54. The van der Waals surface area contributed by atoms with Crippen molar-refractivity contribution < 1.29 is 9.59 Å². The molecule has 7 heteroatoms. The van der Waals surface area contributed by atoms with E-state index in [1.807, 2.05) is 47.5 Å². The average molecular weight is 389 g/mol. The maximum atomic E-state index is 12.7. The molecular weight excluding hydrogens is 366 g/mol. The van der Waals surface area contributed by atoms with E-state index >= 15 is 0 Å². The van der Waals surface area contributed by atoms with Gasteiger partial charge in [0.05, 0.1) is 0 Å². The molecular formula is C22H23N5O2. The molecule has 7 nitrogen and oxygen atoms in total. The second-order valence-electron chi connectivity index (χ2n) is 7.82. The normalized spacial score (nSPS) is 16.8. The Morgan fingerprint density at radius 3 is 2.48 bits per heavy atom. The molecule has 1 N–H and O–H groups in total. The van der Waals surface area contributed by atoms with Gasteiger partial charge >= 0.3 is 0 Å². The molecule has 148 valence electrons. The predicted octanol–water partition coefficient (Wildman–Crippen LogP) is 3.37. The van der Waals surface area contributed by atoms with Gasteiger partial charge in [-0.2, -0.15) is 4.98 Å². The molecule has 3 heterocycles. The molecule has 2 fully saturated rings. The van der Waals surface area contributed by atoms with Crippen LogP contribution in [0.2, 0.25) is 0 Å². The van der Waals surface area contributed by atoms with Gasteiger partial charge in [0.25, 0.3) is 5.91 Å². The van der Waals surface area contributed by atoms with E-state index in [0.717, 1.165) is 49.9 Å². The highest BCUT2D eigenvalue weighted by atomic mass is 16.2. The highest BCUT2D eigenvalue weighted by Gasteiger charge is 2.30. The van der Waals surface area contributed by atoms with Gasteiger partial charge in [-0.15, -0.1) is 5.10 Å². The van der Waals surface area contributed by atoms with E-state index < -0.39 is 0 Å². The summed E-state index contributed by atoms with van der Waals surface area (Å²) in [4.78, 5) is 31.1. The summed E-state index contributed by atoms with van der Waals surface area (Å²) >= 11 is 0. The molecule has 2 aromatic heterocycles. The van der Waals surface area contributed by atoms with Crippen LogP contribution >= 0.6 is 0 Å². The van der Waals surface area contributed by atoms with Crippen molar-refractivity contribution in [1.82, 2.24) is 19.5 Å². The number of nitrogens with zero attached hydrogens (tertiary/aromatic N) is 4. The lowest BCUT2D eigenvalue weighted by Crippen LogP contribution is -2.35. The summed E-state index contributed by atoms with van der Waals surface area (Å²) < 4.78 is 1.67. The molecule has 29 heavy (non-hydrogen) atoms. The quantitative estimate of drug-likeness (QED) is 0.742. The molecule has 1 saturated carbocycles. The lowest BCUT2D eigenvalue weighted by Gasteiger charge is -2.26. The fourth-order valence-corrected chi connectivity index (χ4v) is 3.81. The first-order chi connectivity index (χ1) is 14.2. The first-order valence-electron chi connectivity index (χ1n) is 10.2. The van der Waals surface area contributed by atoms with E-state index in [0.29, 0.717) is 17.2 Å². The van der Waals surface area contributed by atoms with Gasteiger partial charge in [0, 0.05) is 36.3 Å². The number of rotatable bonds is 4. The summed E-state index contributed by atoms with van der Waals surface area (Å²) in [6.07, 6.45) is 7.05. The van der Waals surface area contributed by atoms with Crippen molar-refractivity contribution in [2.45, 2.75) is 32.1 Å². The molecule has 1 saturated heterocycles. The highest BCUT2D eigenvalue weighted by molar-refractivity contribution is 5.95. The van der Waals surface area contributed by atoms with Crippen LogP contribution in [0.4, 0.5) is 5.95 Å². The van der Waals surface area contributed by atoms with Gasteiger partial charge < -0.3 is 4.90 Å². The molecule has 3 aromatic rings. The van der Waals surface area contributed by atoms with Crippen LogP contribution in [0, 0.1) is 5.92 Å². The Morgan fingerprint density at radius 1 is 1.00 bits per heavy atom. The van der Waals surface area contributed by atoms with Gasteiger partial charge in [0.15, 0.2) is 5.65 Å². The lowest BCUT2D eigenvalue weighted by molar-refractivity contribution is -0.117. The van der Waals surface area contributed by atoms with Gasteiger partial charge in [-0.25, -0.2) is 4.52 Å². The third-order valence-electron chi connectivity index (χ3n) is 5.63. The van der Waals surface area contributed by atoms with Crippen molar-refractivity contribution in [2.24, 2.45) is 5.92 Å². The molecule has 0 radical (unpaired) electrons. The summed E-state index contributed by atoms with van der Waals surface area (Å²) in [6, 6.07) is 11.5. The molecule has 0 bridgehead atoms. The van der Waals surface area contributed by atoms with E-state index in [1.165, 1.54) is 6.42 Å². The number of pyridine rings is 1. The minimum Gasteiger partial charge on any atom is -0.339 e. The van der Waals surface area contributed by atoms with Crippen LogP contribution in [0.25, 0.3) is 16.8 Å². The van der Waals surface area contributed by atoms with Crippen LogP contribution in [-0.2, 0) is 4.79 Å². The monoisotopic (exact) mass is 389 g/mol. The molecule has 1 aromatic carbocycles. The van der Waals surface area contributed by atoms with Gasteiger partial charge in [-0.1, -0.05) is 12.1 Å². The number of amides is 2. The summed E-state index contributed by atoms with van der Waals surface area (Å²) in [5.74, 6) is 0.516. The first-order valence-corrected chi connectivity index (χ1v) is 10.2. The van der Waals surface area contributed by atoms with Crippen molar-refractivity contribution in [3.63, 3.8) is 0 Å². The van der Waals surface area contributed by atoms with Crippen LogP contribution in [0.1, 0.15) is 42.5 Å². The predicted molar refractivity (Wildman–Crippen MR) is 110 cm³/mol. The number of benzene rings is 1. The van der Waals surface area contributed by atoms with Crippen molar-refractivity contribution >= 4 is 23.4 Å². The molecule has 1 aliphatic heterocycles. The lowest BCUT2D eigenvalue weighted by atomic mass is 10.0. The van der Waals surface area contributed by atoms with Gasteiger partial charge in [0.2, 0.25) is 11.9 Å². The van der Waals surface area contributed by atoms with E-state index in [9.17, 15) is 9.59 Å². The van der Waals surface area contributed by atoms with Crippen LogP contribution in [0.3, 0.4) is 0 Å². The zero-order chi connectivity index (χ0) is 19.8. The number of likely N-dealkylation sites (tertiary alicyclic amines) is 1. The Balaban J connectivity index is 1.40. The van der Waals surface area contributed by atoms with Crippen molar-refractivity contribution in [3.8, 4) is 11.1 Å². The fraction of sp³-hybridized carbons (Fsp3) is 0.364. The third-order valence-corrected chi connectivity index (χ3v) is 5.63. The van der Waals surface area contributed by atoms with Gasteiger partial charge in [-0.05, 0) is 61.9 Å². The number of nitrogens with one attached hydrogen (secondary N) is 1. The molecule has 0 atom stereocenters. The third kappa shape index (κ3) is 3.60. The number of fused-ring (bicyclic) bond motifs is 1. The molecule has 0 unspecified atom stereocenters. The van der Waals surface area contributed by atoms with Crippen LogP contribution in [0.15, 0.2) is 42.6 Å². The molecule has 1 aliphatic carbocycles. The summed E-state index contributed by atoms with van der Waals surface area (Å²) in [7, 11) is 0. The number of anilines is 1. The van der Waals surface area contributed by atoms with Crippen molar-refractivity contribution in [3.05, 3.63) is 48.2 Å². The van der Waals surface area contributed by atoms with Crippen molar-refractivity contribution in [1.29, 1.82) is 0 Å². The number of carbonyl (C=O) groups excluding carboxylic acids is 2. The summed E-state index contributed by atoms with van der Waals surface area (Å²) in [5, 5.41) is 7.17. The second kappa shape index (κ2) is 7.31. The topological polar surface area (TPSA) is 79.6 Å². The van der Waals surface area contributed by atoms with Crippen LogP contribution < -0.4 is 5.32 Å². The Bertz CT molecular complexity index is 1060. The highest BCUT2D eigenvalue weighted by Crippen LogP contribution is 2.30. The van der Waals surface area contributed by atoms with E-state index in [-0.39, 0.29) is 17.7 Å². The molecule has 0 spiro atoms. The Labute approximate surface area is 168 Å². The van der Waals surface area contributed by atoms with E-state index in [4.69, 9.17) is 0 Å². The Hall–Kier alpha value is -3.22. The minimum atomic E-state index is -0.0111. The first kappa shape index (κ1) is 17.8. The molecule has 5 rings (SSSR count). The number of piperidine rings is 1. The SMILES string of the molecule is O=C(Nc1nc2c(-c3ccc(C(=O)N4CCCCC4)cc3)cccn2n1)C1CC1. The van der Waals surface area contributed by atoms with Gasteiger partial charge in [-0.3, -0.25) is 14.9 Å². The smallest absolute Gasteiger partial charge is 0.253 e. The van der Waals surface area contributed by atoms with E-state index in [1.54, 1.807) is 4.52 Å². The van der Waals surface area contributed by atoms with Crippen molar-refractivity contribution in [2.75, 3.05) is 18.4 Å². The number of carbonyl (C=O) groups is 2. The van der Waals surface area contributed by atoms with E-state index in [2.05, 4.69) is 15.4 Å². The largest absolute Gasteiger partial charge is 0.339 e. The fourth-order valence-electron chi connectivity index (χ4n) is 3.81. The zero-order valence-electron chi connectivity index (χ0n) is 16.2. The molecule has 2 amide bonds. The Kier molecular flexibility index (Phi) is 4.50.